The Balaban J connectivity index is 1.62. The topological polar surface area (TPSA) is 69.5 Å². The third-order valence-corrected chi connectivity index (χ3v) is 6.14. The number of nitrogens with one attached hydrogen (secondary N) is 1. The summed E-state index contributed by atoms with van der Waals surface area (Å²) in [5.74, 6) is -0.151. The highest BCUT2D eigenvalue weighted by atomic mass is 19.1. The number of piperidine rings is 1. The Kier molecular flexibility index (Phi) is 3.72. The smallest absolute Gasteiger partial charge is 0.209 e. The number of H-pyrrole nitrogens is 1. The van der Waals surface area contributed by atoms with Crippen molar-refractivity contribution in [3.05, 3.63) is 30.5 Å². The standard InChI is InChI=1S/C19H23FN6O/c1-13-3-6-25(19(20)4-7-24(11-19)12-27)16(8-13)18-23-10-14-9-22-17-15(26(14)18)2-5-21-17/h2,5,9-10,12-13,16,21H,3-4,6-8,11H2,1H3/t13-,16?,19-/m1/s1. The number of alkyl halides is 1. The Labute approximate surface area is 156 Å². The maximum Gasteiger partial charge on any atom is 0.209 e. The summed E-state index contributed by atoms with van der Waals surface area (Å²) in [6.07, 6.45) is 8.36. The Morgan fingerprint density at radius 2 is 2.19 bits per heavy atom. The molecule has 2 aliphatic rings. The number of rotatable bonds is 3. The van der Waals surface area contributed by atoms with Crippen molar-refractivity contribution in [3.8, 4) is 0 Å². The number of carbonyl (C=O) groups is 1. The molecule has 0 aliphatic carbocycles. The van der Waals surface area contributed by atoms with Crippen LogP contribution in [0.3, 0.4) is 0 Å². The first kappa shape index (κ1) is 16.7. The van der Waals surface area contributed by atoms with Gasteiger partial charge >= 0.3 is 0 Å². The lowest BCUT2D eigenvalue weighted by Crippen LogP contribution is -2.52. The zero-order valence-electron chi connectivity index (χ0n) is 15.3. The van der Waals surface area contributed by atoms with Crippen LogP contribution >= 0.6 is 0 Å². The second-order valence-electron chi connectivity index (χ2n) is 7.93. The zero-order valence-corrected chi connectivity index (χ0v) is 15.3. The minimum atomic E-state index is -1.50. The molecule has 5 heterocycles. The van der Waals surface area contributed by atoms with Gasteiger partial charge in [0, 0.05) is 25.7 Å². The third-order valence-electron chi connectivity index (χ3n) is 6.14. The van der Waals surface area contributed by atoms with Crippen LogP contribution in [0.1, 0.15) is 38.1 Å². The van der Waals surface area contributed by atoms with Crippen molar-refractivity contribution in [1.82, 2.24) is 29.2 Å². The number of hydrogen-bond donors (Lipinski definition) is 1. The molecule has 142 valence electrons. The van der Waals surface area contributed by atoms with Gasteiger partial charge in [-0.25, -0.2) is 14.4 Å². The number of amides is 1. The first-order valence-corrected chi connectivity index (χ1v) is 9.53. The monoisotopic (exact) mass is 370 g/mol. The summed E-state index contributed by atoms with van der Waals surface area (Å²) in [7, 11) is 0. The first-order valence-electron chi connectivity index (χ1n) is 9.53. The average Bonchev–Trinajstić information content (AvgIpc) is 3.38. The largest absolute Gasteiger partial charge is 0.345 e. The number of carbonyl (C=O) groups excluding carboxylic acids is 1. The first-order chi connectivity index (χ1) is 13.1. The van der Waals surface area contributed by atoms with E-state index in [1.165, 1.54) is 4.90 Å². The second kappa shape index (κ2) is 6.02. The lowest BCUT2D eigenvalue weighted by atomic mass is 9.89. The molecule has 7 nitrogen and oxygen atoms in total. The summed E-state index contributed by atoms with van der Waals surface area (Å²) < 4.78 is 18.0. The third kappa shape index (κ3) is 2.54. The summed E-state index contributed by atoms with van der Waals surface area (Å²) in [4.78, 5) is 26.9. The van der Waals surface area contributed by atoms with Gasteiger partial charge in [0.05, 0.1) is 36.0 Å². The van der Waals surface area contributed by atoms with Crippen molar-refractivity contribution < 1.29 is 9.18 Å². The van der Waals surface area contributed by atoms with E-state index in [4.69, 9.17) is 4.98 Å². The van der Waals surface area contributed by atoms with Crippen LogP contribution in [0, 0.1) is 5.92 Å². The number of aromatic amines is 1. The highest BCUT2D eigenvalue weighted by molar-refractivity contribution is 5.75. The second-order valence-corrected chi connectivity index (χ2v) is 7.93. The summed E-state index contributed by atoms with van der Waals surface area (Å²) >= 11 is 0. The molecule has 3 atom stereocenters. The molecule has 2 fully saturated rings. The molecule has 27 heavy (non-hydrogen) atoms. The molecular weight excluding hydrogens is 347 g/mol. The molecule has 3 aromatic heterocycles. The van der Waals surface area contributed by atoms with E-state index < -0.39 is 5.79 Å². The van der Waals surface area contributed by atoms with Gasteiger partial charge in [-0.2, -0.15) is 0 Å². The number of nitrogens with zero attached hydrogens (tertiary/aromatic N) is 5. The molecule has 0 aromatic carbocycles. The Morgan fingerprint density at radius 3 is 3.00 bits per heavy atom. The van der Waals surface area contributed by atoms with Crippen LogP contribution in [0.15, 0.2) is 24.7 Å². The van der Waals surface area contributed by atoms with Crippen molar-refractivity contribution >= 4 is 23.1 Å². The molecule has 2 aliphatic heterocycles. The lowest BCUT2D eigenvalue weighted by molar-refractivity contribution is -0.120. The predicted molar refractivity (Wildman–Crippen MR) is 98.8 cm³/mol. The van der Waals surface area contributed by atoms with Gasteiger partial charge in [0.2, 0.25) is 6.41 Å². The van der Waals surface area contributed by atoms with E-state index in [2.05, 4.69) is 21.3 Å². The summed E-state index contributed by atoms with van der Waals surface area (Å²) in [5, 5.41) is 0. The molecule has 2 saturated heterocycles. The summed E-state index contributed by atoms with van der Waals surface area (Å²) in [6.45, 7) is 3.48. The van der Waals surface area contributed by atoms with Crippen LogP contribution in [-0.2, 0) is 4.79 Å². The summed E-state index contributed by atoms with van der Waals surface area (Å²) in [6, 6.07) is 1.85. The van der Waals surface area contributed by atoms with Crippen molar-refractivity contribution in [2.24, 2.45) is 5.92 Å². The van der Waals surface area contributed by atoms with Gasteiger partial charge < -0.3 is 9.88 Å². The maximum absolute atomic E-state index is 15.9. The SMILES string of the molecule is C[C@@H]1CCN([C@]2(F)CCN(C=O)C2)C(c2ncc3cnc4[nH]ccc4n23)C1. The number of aromatic nitrogens is 4. The minimum Gasteiger partial charge on any atom is -0.345 e. The molecule has 0 spiro atoms. The number of halogens is 1. The molecule has 0 saturated carbocycles. The molecule has 8 heteroatoms. The average molecular weight is 370 g/mol. The molecular formula is C19H23FN6O. The predicted octanol–water partition coefficient (Wildman–Crippen LogP) is 2.51. The fraction of sp³-hybridized carbons (Fsp3) is 0.526. The summed E-state index contributed by atoms with van der Waals surface area (Å²) in [5.41, 5.74) is 2.65. The number of hydrogen-bond acceptors (Lipinski definition) is 4. The van der Waals surface area contributed by atoms with Gasteiger partial charge in [-0.15, -0.1) is 0 Å². The van der Waals surface area contributed by atoms with Crippen molar-refractivity contribution in [2.75, 3.05) is 19.6 Å². The van der Waals surface area contributed by atoms with Crippen molar-refractivity contribution in [3.63, 3.8) is 0 Å². The zero-order chi connectivity index (χ0) is 18.6. The van der Waals surface area contributed by atoms with E-state index in [1.807, 2.05) is 23.4 Å². The highest BCUT2D eigenvalue weighted by Gasteiger charge is 2.48. The Bertz CT molecular complexity index is 999. The molecule has 1 N–H and O–H groups in total. The van der Waals surface area contributed by atoms with Crippen LogP contribution in [0.5, 0.6) is 0 Å². The van der Waals surface area contributed by atoms with Gasteiger partial charge in [-0.1, -0.05) is 6.92 Å². The number of imidazole rings is 1. The molecule has 3 aromatic rings. The number of likely N-dealkylation sites (tertiary alicyclic amines) is 2. The van der Waals surface area contributed by atoms with Crippen LogP contribution in [0.25, 0.3) is 16.7 Å². The van der Waals surface area contributed by atoms with Crippen LogP contribution < -0.4 is 0 Å². The van der Waals surface area contributed by atoms with Crippen LogP contribution in [-0.4, -0.2) is 61.0 Å². The van der Waals surface area contributed by atoms with Gasteiger partial charge in [0.25, 0.3) is 0 Å². The Hall–Kier alpha value is -2.48. The van der Waals surface area contributed by atoms with Crippen LogP contribution in [0.2, 0.25) is 0 Å². The van der Waals surface area contributed by atoms with Gasteiger partial charge in [-0.3, -0.25) is 14.1 Å². The highest BCUT2D eigenvalue weighted by Crippen LogP contribution is 2.42. The van der Waals surface area contributed by atoms with E-state index in [-0.39, 0.29) is 12.6 Å². The van der Waals surface area contributed by atoms with E-state index in [0.717, 1.165) is 41.8 Å². The lowest BCUT2D eigenvalue weighted by Gasteiger charge is -2.44. The fourth-order valence-corrected chi connectivity index (χ4v) is 4.71. The molecule has 0 bridgehead atoms. The normalized spacial score (nSPS) is 29.8. The maximum atomic E-state index is 15.9. The minimum absolute atomic E-state index is 0.131. The van der Waals surface area contributed by atoms with E-state index in [1.54, 1.807) is 6.20 Å². The molecule has 5 rings (SSSR count). The van der Waals surface area contributed by atoms with E-state index >= 15 is 4.39 Å². The van der Waals surface area contributed by atoms with E-state index in [0.29, 0.717) is 25.4 Å². The molecule has 1 unspecified atom stereocenters. The molecule has 1 amide bonds. The van der Waals surface area contributed by atoms with Crippen molar-refractivity contribution in [2.45, 2.75) is 38.0 Å². The van der Waals surface area contributed by atoms with E-state index in [9.17, 15) is 4.79 Å². The quantitative estimate of drug-likeness (QED) is 0.568. The van der Waals surface area contributed by atoms with Gasteiger partial charge in [0.1, 0.15) is 5.82 Å². The van der Waals surface area contributed by atoms with Gasteiger partial charge in [0.15, 0.2) is 11.4 Å². The fourth-order valence-electron chi connectivity index (χ4n) is 4.71. The Morgan fingerprint density at radius 1 is 1.33 bits per heavy atom. The van der Waals surface area contributed by atoms with Gasteiger partial charge in [-0.05, 0) is 24.8 Å². The van der Waals surface area contributed by atoms with Crippen molar-refractivity contribution in [1.29, 1.82) is 0 Å². The van der Waals surface area contributed by atoms with Crippen LogP contribution in [0.4, 0.5) is 4.39 Å². The number of fused-ring (bicyclic) bond motifs is 3. The molecule has 0 radical (unpaired) electrons.